The van der Waals surface area contributed by atoms with Gasteiger partial charge in [0.25, 0.3) is 0 Å². The molecule has 0 aliphatic heterocycles. The largest absolute Gasteiger partial charge is 0.490 e. The van der Waals surface area contributed by atoms with Crippen molar-refractivity contribution in [1.82, 2.24) is 0 Å². The molecule has 0 aromatic heterocycles. The fourth-order valence-electron chi connectivity index (χ4n) is 2.98. The van der Waals surface area contributed by atoms with Crippen LogP contribution in [0.5, 0.6) is 5.75 Å². The number of halogens is 1. The normalized spacial score (nSPS) is 17.9. The van der Waals surface area contributed by atoms with Gasteiger partial charge in [0.15, 0.2) is 11.6 Å². The van der Waals surface area contributed by atoms with Gasteiger partial charge in [0.05, 0.1) is 23.8 Å². The Kier molecular flexibility index (Phi) is 3.69. The van der Waals surface area contributed by atoms with Crippen LogP contribution in [0, 0.1) is 33.7 Å². The summed E-state index contributed by atoms with van der Waals surface area (Å²) in [6.07, 6.45) is 5.09. The van der Waals surface area contributed by atoms with Gasteiger partial charge in [0.1, 0.15) is 0 Å². The van der Waals surface area contributed by atoms with Crippen molar-refractivity contribution in [3.63, 3.8) is 0 Å². The van der Waals surface area contributed by atoms with Gasteiger partial charge < -0.3 is 10.1 Å². The van der Waals surface area contributed by atoms with Gasteiger partial charge in [-0.2, -0.15) is 0 Å². The molecule has 5 nitrogen and oxygen atoms in total. The maximum absolute atomic E-state index is 14.0. The number of hydrogen-bond acceptors (Lipinski definition) is 4. The molecule has 6 heteroatoms. The van der Waals surface area contributed by atoms with E-state index in [1.165, 1.54) is 38.9 Å². The number of hydrogen-bond donors (Lipinski definition) is 1. The molecule has 1 aromatic rings. The van der Waals surface area contributed by atoms with Gasteiger partial charge in [-0.3, -0.25) is 10.1 Å². The fraction of sp³-hybridized carbons (Fsp3) is 0.600. The molecule has 114 valence electrons. The minimum atomic E-state index is -0.636. The number of anilines is 1. The molecule has 0 atom stereocenters. The first kappa shape index (κ1) is 14.1. The Morgan fingerprint density at radius 1 is 1.38 bits per heavy atom. The lowest BCUT2D eigenvalue weighted by atomic mass is 9.98. The minimum Gasteiger partial charge on any atom is -0.490 e. The van der Waals surface area contributed by atoms with Crippen molar-refractivity contribution >= 4 is 11.4 Å². The van der Waals surface area contributed by atoms with Crippen molar-refractivity contribution in [3.05, 3.63) is 28.1 Å². The van der Waals surface area contributed by atoms with E-state index >= 15 is 0 Å². The van der Waals surface area contributed by atoms with E-state index < -0.39 is 10.7 Å². The molecule has 2 saturated carbocycles. The number of rotatable bonds is 7. The van der Waals surface area contributed by atoms with Crippen LogP contribution in [0.4, 0.5) is 15.8 Å². The lowest BCUT2D eigenvalue weighted by Gasteiger charge is -2.17. The molecule has 2 aliphatic rings. The average Bonchev–Trinajstić information content (AvgIpc) is 3.33. The SMILES string of the molecule is COc1cc(NCC(C2CC2)C2CC2)c(F)cc1[N+](=O)[O-]. The summed E-state index contributed by atoms with van der Waals surface area (Å²) in [6, 6.07) is 2.30. The number of nitrogens with one attached hydrogen (secondary N) is 1. The zero-order valence-electron chi connectivity index (χ0n) is 12.0. The molecule has 3 rings (SSSR count). The Morgan fingerprint density at radius 2 is 2.00 bits per heavy atom. The zero-order chi connectivity index (χ0) is 15.0. The molecular weight excluding hydrogens is 275 g/mol. The van der Waals surface area contributed by atoms with Gasteiger partial charge in [-0.05, 0) is 43.4 Å². The molecule has 0 unspecified atom stereocenters. The summed E-state index contributed by atoms with van der Waals surface area (Å²) < 4.78 is 19.0. The first-order chi connectivity index (χ1) is 10.1. The number of methoxy groups -OCH3 is 1. The van der Waals surface area contributed by atoms with Crippen LogP contribution in [0.3, 0.4) is 0 Å². The number of benzene rings is 1. The van der Waals surface area contributed by atoms with E-state index in [1.807, 2.05) is 0 Å². The predicted octanol–water partition coefficient (Wildman–Crippen LogP) is 3.59. The molecule has 0 amide bonds. The summed E-state index contributed by atoms with van der Waals surface area (Å²) in [5.41, 5.74) is -0.0646. The van der Waals surface area contributed by atoms with E-state index in [0.29, 0.717) is 5.92 Å². The first-order valence-electron chi connectivity index (χ1n) is 7.36. The van der Waals surface area contributed by atoms with Crippen LogP contribution in [0.15, 0.2) is 12.1 Å². The summed E-state index contributed by atoms with van der Waals surface area (Å²) in [5.74, 6) is 1.62. The molecule has 21 heavy (non-hydrogen) atoms. The van der Waals surface area contributed by atoms with E-state index in [9.17, 15) is 14.5 Å². The van der Waals surface area contributed by atoms with Crippen LogP contribution in [-0.4, -0.2) is 18.6 Å². The summed E-state index contributed by atoms with van der Waals surface area (Å²) in [4.78, 5) is 10.2. The lowest BCUT2D eigenvalue weighted by molar-refractivity contribution is -0.385. The first-order valence-corrected chi connectivity index (χ1v) is 7.36. The third-order valence-corrected chi connectivity index (χ3v) is 4.45. The van der Waals surface area contributed by atoms with Crippen molar-refractivity contribution in [1.29, 1.82) is 0 Å². The average molecular weight is 294 g/mol. The Morgan fingerprint density at radius 3 is 2.48 bits per heavy atom. The van der Waals surface area contributed by atoms with Gasteiger partial charge in [0, 0.05) is 12.6 Å². The Balaban J connectivity index is 1.73. The fourth-order valence-corrected chi connectivity index (χ4v) is 2.98. The summed E-state index contributed by atoms with van der Waals surface area (Å²) >= 11 is 0. The second-order valence-electron chi connectivity index (χ2n) is 5.98. The minimum absolute atomic E-state index is 0.0818. The van der Waals surface area contributed by atoms with Crippen molar-refractivity contribution < 1.29 is 14.1 Å². The lowest BCUT2D eigenvalue weighted by Crippen LogP contribution is -2.18. The van der Waals surface area contributed by atoms with Crippen molar-refractivity contribution in [2.24, 2.45) is 17.8 Å². The highest BCUT2D eigenvalue weighted by atomic mass is 19.1. The molecule has 2 fully saturated rings. The van der Waals surface area contributed by atoms with E-state index in [0.717, 1.165) is 24.4 Å². The van der Waals surface area contributed by atoms with E-state index in [4.69, 9.17) is 4.74 Å². The van der Waals surface area contributed by atoms with Crippen LogP contribution in [0.25, 0.3) is 0 Å². The Bertz CT molecular complexity index is 544. The van der Waals surface area contributed by atoms with Crippen molar-refractivity contribution in [3.8, 4) is 5.75 Å². The maximum atomic E-state index is 14.0. The van der Waals surface area contributed by atoms with Gasteiger partial charge >= 0.3 is 5.69 Å². The van der Waals surface area contributed by atoms with Crippen LogP contribution < -0.4 is 10.1 Å². The molecule has 1 aromatic carbocycles. The van der Waals surface area contributed by atoms with E-state index in [2.05, 4.69) is 5.32 Å². The Labute approximate surface area is 122 Å². The second kappa shape index (κ2) is 5.50. The van der Waals surface area contributed by atoms with Crippen LogP contribution in [0.1, 0.15) is 25.7 Å². The standard InChI is InChI=1S/C15H19FN2O3/c1-21-15-7-13(12(16)6-14(15)18(19)20)17-8-11(9-2-3-9)10-4-5-10/h6-7,9-11,17H,2-5,8H2,1H3. The van der Waals surface area contributed by atoms with Crippen molar-refractivity contribution in [2.75, 3.05) is 19.0 Å². The molecule has 2 aliphatic carbocycles. The van der Waals surface area contributed by atoms with Crippen molar-refractivity contribution in [2.45, 2.75) is 25.7 Å². The highest BCUT2D eigenvalue weighted by molar-refractivity contribution is 5.59. The van der Waals surface area contributed by atoms with Crippen LogP contribution in [-0.2, 0) is 0 Å². The third kappa shape index (κ3) is 3.09. The summed E-state index contributed by atoms with van der Waals surface area (Å²) in [5, 5.41) is 14.0. The highest BCUT2D eigenvalue weighted by Crippen LogP contribution is 2.49. The molecule has 0 heterocycles. The quantitative estimate of drug-likeness (QED) is 0.616. The van der Waals surface area contributed by atoms with Crippen LogP contribution in [0.2, 0.25) is 0 Å². The van der Waals surface area contributed by atoms with Crippen LogP contribution >= 0.6 is 0 Å². The number of ether oxygens (including phenoxy) is 1. The second-order valence-corrected chi connectivity index (χ2v) is 5.98. The topological polar surface area (TPSA) is 64.4 Å². The van der Waals surface area contributed by atoms with Gasteiger partial charge in [0.2, 0.25) is 0 Å². The number of nitro benzene ring substituents is 1. The summed E-state index contributed by atoms with van der Waals surface area (Å²) in [7, 11) is 1.35. The monoisotopic (exact) mass is 294 g/mol. The van der Waals surface area contributed by atoms with Gasteiger partial charge in [-0.15, -0.1) is 0 Å². The Hall–Kier alpha value is -1.85. The molecular formula is C15H19FN2O3. The molecule has 0 bridgehead atoms. The third-order valence-electron chi connectivity index (χ3n) is 4.45. The highest BCUT2D eigenvalue weighted by Gasteiger charge is 2.41. The zero-order valence-corrected chi connectivity index (χ0v) is 12.0. The smallest absolute Gasteiger partial charge is 0.313 e. The number of nitrogens with zero attached hydrogens (tertiary/aromatic N) is 1. The predicted molar refractivity (Wildman–Crippen MR) is 77.0 cm³/mol. The molecule has 0 radical (unpaired) electrons. The summed E-state index contributed by atoms with van der Waals surface area (Å²) in [6.45, 7) is 0.729. The molecule has 0 spiro atoms. The maximum Gasteiger partial charge on any atom is 0.313 e. The van der Waals surface area contributed by atoms with Gasteiger partial charge in [-0.25, -0.2) is 4.39 Å². The van der Waals surface area contributed by atoms with E-state index in [-0.39, 0.29) is 17.1 Å². The van der Waals surface area contributed by atoms with E-state index in [1.54, 1.807) is 0 Å². The molecule has 1 N–H and O–H groups in total. The molecule has 0 saturated heterocycles. The van der Waals surface area contributed by atoms with Gasteiger partial charge in [-0.1, -0.05) is 0 Å². The number of nitro groups is 1.